The van der Waals surface area contributed by atoms with Crippen LogP contribution in [0.5, 0.6) is 0 Å². The Morgan fingerprint density at radius 1 is 1.12 bits per heavy atom. The molecular weight excluding hydrogens is 318 g/mol. The summed E-state index contributed by atoms with van der Waals surface area (Å²) < 4.78 is 0. The average molecular weight is 345 g/mol. The SMILES string of the molecule is CC(=O)NCc1ccc(C(=O)N2CCN(C3CCCC3O)CC2)cc1. The van der Waals surface area contributed by atoms with Crippen LogP contribution in [0.1, 0.15) is 42.1 Å². The number of benzene rings is 1. The predicted molar refractivity (Wildman–Crippen MR) is 95.1 cm³/mol. The largest absolute Gasteiger partial charge is 0.391 e. The molecule has 2 fully saturated rings. The highest BCUT2D eigenvalue weighted by Gasteiger charge is 2.33. The summed E-state index contributed by atoms with van der Waals surface area (Å²) in [5.74, 6) is -0.0110. The number of aliphatic hydroxyl groups is 1. The number of amides is 2. The van der Waals surface area contributed by atoms with Crippen molar-refractivity contribution in [2.24, 2.45) is 0 Å². The van der Waals surface area contributed by atoms with Gasteiger partial charge in [0.1, 0.15) is 0 Å². The molecule has 1 aromatic rings. The van der Waals surface area contributed by atoms with Gasteiger partial charge in [-0.2, -0.15) is 0 Å². The summed E-state index contributed by atoms with van der Waals surface area (Å²) in [6.45, 7) is 5.03. The highest BCUT2D eigenvalue weighted by atomic mass is 16.3. The first kappa shape index (κ1) is 17.9. The molecule has 2 N–H and O–H groups in total. The van der Waals surface area contributed by atoms with Crippen molar-refractivity contribution in [3.63, 3.8) is 0 Å². The van der Waals surface area contributed by atoms with Gasteiger partial charge in [-0.3, -0.25) is 14.5 Å². The molecule has 6 nitrogen and oxygen atoms in total. The number of hydrogen-bond donors (Lipinski definition) is 2. The van der Waals surface area contributed by atoms with Gasteiger partial charge < -0.3 is 15.3 Å². The van der Waals surface area contributed by atoms with E-state index in [1.54, 1.807) is 0 Å². The predicted octanol–water partition coefficient (Wildman–Crippen LogP) is 0.994. The highest BCUT2D eigenvalue weighted by Crippen LogP contribution is 2.25. The fourth-order valence-corrected chi connectivity index (χ4v) is 3.78. The lowest BCUT2D eigenvalue weighted by Gasteiger charge is -2.39. The van der Waals surface area contributed by atoms with Crippen LogP contribution in [-0.4, -0.2) is 65.0 Å². The van der Waals surface area contributed by atoms with Crippen LogP contribution in [0, 0.1) is 0 Å². The molecule has 1 saturated heterocycles. The number of nitrogens with zero attached hydrogens (tertiary/aromatic N) is 2. The molecule has 2 aliphatic rings. The smallest absolute Gasteiger partial charge is 0.253 e. The lowest BCUT2D eigenvalue weighted by Crippen LogP contribution is -2.53. The van der Waals surface area contributed by atoms with Crippen molar-refractivity contribution >= 4 is 11.8 Å². The zero-order chi connectivity index (χ0) is 17.8. The Morgan fingerprint density at radius 2 is 1.80 bits per heavy atom. The third-order valence-electron chi connectivity index (χ3n) is 5.26. The topological polar surface area (TPSA) is 72.9 Å². The Labute approximate surface area is 148 Å². The zero-order valence-electron chi connectivity index (χ0n) is 14.8. The summed E-state index contributed by atoms with van der Waals surface area (Å²) in [7, 11) is 0. The normalized spacial score (nSPS) is 24.3. The van der Waals surface area contributed by atoms with E-state index < -0.39 is 0 Å². The zero-order valence-corrected chi connectivity index (χ0v) is 14.8. The van der Waals surface area contributed by atoms with E-state index in [2.05, 4.69) is 10.2 Å². The minimum atomic E-state index is -0.210. The number of rotatable bonds is 4. The second-order valence-electron chi connectivity index (χ2n) is 7.00. The lowest BCUT2D eigenvalue weighted by atomic mass is 10.1. The average Bonchev–Trinajstić information content (AvgIpc) is 3.06. The molecule has 25 heavy (non-hydrogen) atoms. The molecule has 0 radical (unpaired) electrons. The maximum absolute atomic E-state index is 12.7. The van der Waals surface area contributed by atoms with Crippen LogP contribution in [0.15, 0.2) is 24.3 Å². The lowest BCUT2D eigenvalue weighted by molar-refractivity contribution is -0.119. The van der Waals surface area contributed by atoms with Gasteiger partial charge in [-0.25, -0.2) is 0 Å². The van der Waals surface area contributed by atoms with Crippen LogP contribution in [0.4, 0.5) is 0 Å². The number of carbonyl (C=O) groups excluding carboxylic acids is 2. The van der Waals surface area contributed by atoms with E-state index in [4.69, 9.17) is 0 Å². The first-order valence-electron chi connectivity index (χ1n) is 9.09. The Kier molecular flexibility index (Phi) is 5.71. The summed E-state index contributed by atoms with van der Waals surface area (Å²) in [6.07, 6.45) is 2.84. The van der Waals surface area contributed by atoms with Crippen molar-refractivity contribution in [3.8, 4) is 0 Å². The second kappa shape index (κ2) is 7.97. The van der Waals surface area contributed by atoms with Gasteiger partial charge in [-0.1, -0.05) is 12.1 Å². The Morgan fingerprint density at radius 3 is 2.36 bits per heavy atom. The third-order valence-corrected chi connectivity index (χ3v) is 5.26. The van der Waals surface area contributed by atoms with Gasteiger partial charge in [0, 0.05) is 51.3 Å². The molecular formula is C19H27N3O3. The summed E-state index contributed by atoms with van der Waals surface area (Å²) >= 11 is 0. The number of carbonyl (C=O) groups is 2. The molecule has 1 saturated carbocycles. The molecule has 2 amide bonds. The Hall–Kier alpha value is -1.92. The monoisotopic (exact) mass is 345 g/mol. The van der Waals surface area contributed by atoms with Crippen molar-refractivity contribution in [2.75, 3.05) is 26.2 Å². The maximum Gasteiger partial charge on any atom is 0.253 e. The Bertz CT molecular complexity index is 609. The van der Waals surface area contributed by atoms with Crippen LogP contribution in [0.2, 0.25) is 0 Å². The fraction of sp³-hybridized carbons (Fsp3) is 0.579. The summed E-state index contributed by atoms with van der Waals surface area (Å²) in [5, 5.41) is 12.8. The first-order chi connectivity index (χ1) is 12.0. The van der Waals surface area contributed by atoms with Gasteiger partial charge in [0.2, 0.25) is 5.91 Å². The van der Waals surface area contributed by atoms with Crippen molar-refractivity contribution < 1.29 is 14.7 Å². The van der Waals surface area contributed by atoms with Crippen LogP contribution in [0.3, 0.4) is 0 Å². The van der Waals surface area contributed by atoms with Crippen LogP contribution in [0.25, 0.3) is 0 Å². The molecule has 0 aromatic heterocycles. The van der Waals surface area contributed by atoms with E-state index in [9.17, 15) is 14.7 Å². The molecule has 1 aliphatic carbocycles. The summed E-state index contributed by atoms with van der Waals surface area (Å²) in [4.78, 5) is 27.8. The standard InChI is InChI=1S/C19H27N3O3/c1-14(23)20-13-15-5-7-16(8-6-15)19(25)22-11-9-21(10-12-22)17-3-2-4-18(17)24/h5-8,17-18,24H,2-4,9-13H2,1H3,(H,20,23). The van der Waals surface area contributed by atoms with E-state index in [1.807, 2.05) is 29.2 Å². The van der Waals surface area contributed by atoms with E-state index in [1.165, 1.54) is 6.92 Å². The number of aliphatic hydroxyl groups excluding tert-OH is 1. The Balaban J connectivity index is 1.52. The fourth-order valence-electron chi connectivity index (χ4n) is 3.78. The molecule has 3 rings (SSSR count). The van der Waals surface area contributed by atoms with Gasteiger partial charge in [-0.05, 0) is 37.0 Å². The van der Waals surface area contributed by atoms with Crippen LogP contribution >= 0.6 is 0 Å². The van der Waals surface area contributed by atoms with Crippen LogP contribution in [-0.2, 0) is 11.3 Å². The van der Waals surface area contributed by atoms with Gasteiger partial charge in [0.25, 0.3) is 5.91 Å². The van der Waals surface area contributed by atoms with Crippen molar-refractivity contribution in [1.29, 1.82) is 0 Å². The molecule has 1 aliphatic heterocycles. The molecule has 1 heterocycles. The van der Waals surface area contributed by atoms with Crippen molar-refractivity contribution in [2.45, 2.75) is 44.9 Å². The molecule has 2 unspecified atom stereocenters. The van der Waals surface area contributed by atoms with Crippen molar-refractivity contribution in [3.05, 3.63) is 35.4 Å². The number of hydrogen-bond acceptors (Lipinski definition) is 4. The molecule has 1 aromatic carbocycles. The second-order valence-corrected chi connectivity index (χ2v) is 7.00. The molecule has 0 spiro atoms. The van der Waals surface area contributed by atoms with E-state index >= 15 is 0 Å². The third kappa shape index (κ3) is 4.38. The highest BCUT2D eigenvalue weighted by molar-refractivity contribution is 5.94. The summed E-state index contributed by atoms with van der Waals surface area (Å²) in [5.41, 5.74) is 1.66. The summed E-state index contributed by atoms with van der Waals surface area (Å²) in [6, 6.07) is 7.69. The first-order valence-corrected chi connectivity index (χ1v) is 9.09. The van der Waals surface area contributed by atoms with Gasteiger partial charge in [0.05, 0.1) is 6.10 Å². The van der Waals surface area contributed by atoms with Gasteiger partial charge in [-0.15, -0.1) is 0 Å². The minimum Gasteiger partial charge on any atom is -0.391 e. The number of piperazine rings is 1. The molecule has 2 atom stereocenters. The number of nitrogens with one attached hydrogen (secondary N) is 1. The van der Waals surface area contributed by atoms with Crippen LogP contribution < -0.4 is 5.32 Å². The quantitative estimate of drug-likeness (QED) is 0.854. The minimum absolute atomic E-state index is 0.0534. The van der Waals surface area contributed by atoms with Crippen molar-refractivity contribution in [1.82, 2.24) is 15.1 Å². The molecule has 6 heteroatoms. The molecule has 136 valence electrons. The van der Waals surface area contributed by atoms with E-state index in [0.717, 1.165) is 37.9 Å². The van der Waals surface area contributed by atoms with Gasteiger partial charge in [0.15, 0.2) is 0 Å². The maximum atomic E-state index is 12.7. The van der Waals surface area contributed by atoms with E-state index in [0.29, 0.717) is 25.2 Å². The van der Waals surface area contributed by atoms with E-state index in [-0.39, 0.29) is 24.0 Å². The molecule has 0 bridgehead atoms. The van der Waals surface area contributed by atoms with Gasteiger partial charge >= 0.3 is 0 Å².